The van der Waals surface area contributed by atoms with E-state index in [0.29, 0.717) is 30.6 Å². The standard InChI is InChI=1S/C21H22N4O3/c1-21(2)9-17-15(12-28-21)8-16-19(24-17)23-13-25(20(16)27)11-18(26)22-10-14-6-4-3-5-7-14/h3-8,13H,9-12H2,1-2H3,(H,22,26). The molecule has 0 saturated carbocycles. The molecule has 0 unspecified atom stereocenters. The zero-order valence-corrected chi connectivity index (χ0v) is 15.9. The average Bonchev–Trinajstić information content (AvgIpc) is 2.68. The largest absolute Gasteiger partial charge is 0.370 e. The molecule has 2 aromatic heterocycles. The zero-order valence-electron chi connectivity index (χ0n) is 15.9. The van der Waals surface area contributed by atoms with Crippen LogP contribution in [0, 0.1) is 0 Å². The quantitative estimate of drug-likeness (QED) is 0.750. The number of nitrogens with zero attached hydrogens (tertiary/aromatic N) is 3. The van der Waals surface area contributed by atoms with Gasteiger partial charge in [-0.1, -0.05) is 30.3 Å². The molecule has 7 nitrogen and oxygen atoms in total. The van der Waals surface area contributed by atoms with Crippen LogP contribution in [0.25, 0.3) is 11.0 Å². The fourth-order valence-corrected chi connectivity index (χ4v) is 3.29. The van der Waals surface area contributed by atoms with Crippen LogP contribution < -0.4 is 10.9 Å². The topological polar surface area (TPSA) is 86.1 Å². The molecule has 7 heteroatoms. The molecule has 0 radical (unpaired) electrons. The molecule has 1 aromatic carbocycles. The number of carbonyl (C=O) groups excluding carboxylic acids is 1. The second kappa shape index (κ2) is 7.16. The van der Waals surface area contributed by atoms with E-state index in [0.717, 1.165) is 16.8 Å². The Bertz CT molecular complexity index is 1090. The molecular weight excluding hydrogens is 356 g/mol. The Morgan fingerprint density at radius 3 is 2.86 bits per heavy atom. The Kier molecular flexibility index (Phi) is 4.68. The zero-order chi connectivity index (χ0) is 19.7. The number of hydrogen-bond donors (Lipinski definition) is 1. The fourth-order valence-electron chi connectivity index (χ4n) is 3.29. The SMILES string of the molecule is CC1(C)Cc2nc3ncn(CC(=O)NCc4ccccc4)c(=O)c3cc2CO1. The molecule has 4 rings (SSSR count). The van der Waals surface area contributed by atoms with Crippen molar-refractivity contribution in [3.63, 3.8) is 0 Å². The van der Waals surface area contributed by atoms with Gasteiger partial charge in [-0.05, 0) is 25.5 Å². The normalized spacial score (nSPS) is 15.2. The first-order chi connectivity index (χ1) is 13.4. The lowest BCUT2D eigenvalue weighted by molar-refractivity contribution is -0.121. The monoisotopic (exact) mass is 378 g/mol. The first-order valence-electron chi connectivity index (χ1n) is 9.24. The molecule has 0 atom stereocenters. The van der Waals surface area contributed by atoms with Crippen LogP contribution in [0.3, 0.4) is 0 Å². The summed E-state index contributed by atoms with van der Waals surface area (Å²) < 4.78 is 7.13. The van der Waals surface area contributed by atoms with E-state index in [2.05, 4.69) is 15.3 Å². The maximum absolute atomic E-state index is 12.8. The van der Waals surface area contributed by atoms with E-state index < -0.39 is 0 Å². The van der Waals surface area contributed by atoms with Gasteiger partial charge in [-0.2, -0.15) is 0 Å². The number of aromatic nitrogens is 3. The average molecular weight is 378 g/mol. The van der Waals surface area contributed by atoms with Crippen molar-refractivity contribution in [2.75, 3.05) is 0 Å². The molecule has 0 spiro atoms. The van der Waals surface area contributed by atoms with Crippen LogP contribution >= 0.6 is 0 Å². The van der Waals surface area contributed by atoms with Crippen LogP contribution in [0.1, 0.15) is 30.7 Å². The second-order valence-corrected chi connectivity index (χ2v) is 7.63. The fraction of sp³-hybridized carbons (Fsp3) is 0.333. The number of fused-ring (bicyclic) bond motifs is 2. The Morgan fingerprint density at radius 1 is 1.29 bits per heavy atom. The van der Waals surface area contributed by atoms with Gasteiger partial charge in [0.25, 0.3) is 5.56 Å². The van der Waals surface area contributed by atoms with Gasteiger partial charge in [0.15, 0.2) is 5.65 Å². The van der Waals surface area contributed by atoms with Crippen molar-refractivity contribution in [3.05, 3.63) is 69.9 Å². The van der Waals surface area contributed by atoms with Crippen molar-refractivity contribution in [2.24, 2.45) is 0 Å². The first-order valence-corrected chi connectivity index (χ1v) is 9.24. The maximum atomic E-state index is 12.8. The van der Waals surface area contributed by atoms with Gasteiger partial charge >= 0.3 is 0 Å². The number of ether oxygens (including phenoxy) is 1. The minimum Gasteiger partial charge on any atom is -0.370 e. The lowest BCUT2D eigenvalue weighted by Gasteiger charge is -2.31. The van der Waals surface area contributed by atoms with Gasteiger partial charge in [-0.25, -0.2) is 9.97 Å². The van der Waals surface area contributed by atoms with E-state index in [1.807, 2.05) is 44.2 Å². The molecule has 0 saturated heterocycles. The smallest absolute Gasteiger partial charge is 0.263 e. The molecule has 0 fully saturated rings. The summed E-state index contributed by atoms with van der Waals surface area (Å²) in [5, 5.41) is 3.22. The molecule has 3 heterocycles. The van der Waals surface area contributed by atoms with E-state index in [-0.39, 0.29) is 23.6 Å². The molecule has 1 aliphatic heterocycles. The van der Waals surface area contributed by atoms with E-state index in [4.69, 9.17) is 4.74 Å². The van der Waals surface area contributed by atoms with Gasteiger partial charge in [0, 0.05) is 18.5 Å². The summed E-state index contributed by atoms with van der Waals surface area (Å²) in [5.74, 6) is -0.247. The number of benzene rings is 1. The molecular formula is C21H22N4O3. The Balaban J connectivity index is 1.54. The summed E-state index contributed by atoms with van der Waals surface area (Å²) in [6.45, 7) is 4.77. The highest BCUT2D eigenvalue weighted by atomic mass is 16.5. The number of rotatable bonds is 4. The van der Waals surface area contributed by atoms with Crippen molar-refractivity contribution in [3.8, 4) is 0 Å². The molecule has 1 aliphatic rings. The first kappa shape index (κ1) is 18.3. The van der Waals surface area contributed by atoms with Crippen molar-refractivity contribution in [1.29, 1.82) is 0 Å². The van der Waals surface area contributed by atoms with Gasteiger partial charge in [-0.3, -0.25) is 14.2 Å². The molecule has 144 valence electrons. The predicted molar refractivity (Wildman–Crippen MR) is 105 cm³/mol. The van der Waals surface area contributed by atoms with E-state index in [1.165, 1.54) is 10.9 Å². The number of nitrogens with one attached hydrogen (secondary N) is 1. The number of pyridine rings is 1. The van der Waals surface area contributed by atoms with Crippen LogP contribution in [0.2, 0.25) is 0 Å². The second-order valence-electron chi connectivity index (χ2n) is 7.63. The number of carbonyl (C=O) groups is 1. The molecule has 0 aliphatic carbocycles. The van der Waals surface area contributed by atoms with Gasteiger partial charge in [-0.15, -0.1) is 0 Å². The van der Waals surface area contributed by atoms with Crippen molar-refractivity contribution in [1.82, 2.24) is 19.9 Å². The highest BCUT2D eigenvalue weighted by Gasteiger charge is 2.27. The predicted octanol–water partition coefficient (Wildman–Crippen LogP) is 1.96. The highest BCUT2D eigenvalue weighted by Crippen LogP contribution is 2.27. The summed E-state index contributed by atoms with van der Waals surface area (Å²) in [6.07, 6.45) is 2.06. The van der Waals surface area contributed by atoms with Crippen LogP contribution in [0.4, 0.5) is 0 Å². The minimum absolute atomic E-state index is 0.0881. The van der Waals surface area contributed by atoms with E-state index >= 15 is 0 Å². The van der Waals surface area contributed by atoms with Crippen molar-refractivity contribution in [2.45, 2.75) is 45.6 Å². The lowest BCUT2D eigenvalue weighted by Crippen LogP contribution is -2.34. The van der Waals surface area contributed by atoms with Crippen LogP contribution in [0.15, 0.2) is 47.5 Å². The molecule has 0 bridgehead atoms. The maximum Gasteiger partial charge on any atom is 0.263 e. The van der Waals surface area contributed by atoms with Crippen molar-refractivity contribution < 1.29 is 9.53 Å². The Morgan fingerprint density at radius 2 is 2.07 bits per heavy atom. The van der Waals surface area contributed by atoms with E-state index in [1.54, 1.807) is 6.07 Å². The molecule has 1 N–H and O–H groups in total. The van der Waals surface area contributed by atoms with Crippen molar-refractivity contribution >= 4 is 16.9 Å². The molecule has 28 heavy (non-hydrogen) atoms. The number of amides is 1. The Labute approximate surface area is 162 Å². The highest BCUT2D eigenvalue weighted by molar-refractivity contribution is 5.77. The molecule has 1 amide bonds. The third kappa shape index (κ3) is 3.80. The van der Waals surface area contributed by atoms with Crippen LogP contribution in [-0.4, -0.2) is 26.0 Å². The van der Waals surface area contributed by atoms with E-state index in [9.17, 15) is 9.59 Å². The lowest BCUT2D eigenvalue weighted by atomic mass is 9.95. The summed E-state index contributed by atoms with van der Waals surface area (Å²) in [5.41, 5.74) is 2.66. The summed E-state index contributed by atoms with van der Waals surface area (Å²) in [4.78, 5) is 33.9. The van der Waals surface area contributed by atoms with Gasteiger partial charge in [0.2, 0.25) is 5.91 Å². The summed E-state index contributed by atoms with van der Waals surface area (Å²) in [7, 11) is 0. The summed E-state index contributed by atoms with van der Waals surface area (Å²) >= 11 is 0. The summed E-state index contributed by atoms with van der Waals surface area (Å²) in [6, 6.07) is 11.4. The number of hydrogen-bond acceptors (Lipinski definition) is 5. The third-order valence-corrected chi connectivity index (χ3v) is 4.84. The van der Waals surface area contributed by atoms with Crippen LogP contribution in [-0.2, 0) is 35.6 Å². The van der Waals surface area contributed by atoms with Gasteiger partial charge in [0.1, 0.15) is 12.9 Å². The van der Waals surface area contributed by atoms with Crippen LogP contribution in [0.5, 0.6) is 0 Å². The molecule has 3 aromatic rings. The Hall–Kier alpha value is -3.06. The van der Waals surface area contributed by atoms with Gasteiger partial charge in [0.05, 0.1) is 23.3 Å². The third-order valence-electron chi connectivity index (χ3n) is 4.84. The minimum atomic E-state index is -0.278. The van der Waals surface area contributed by atoms with Gasteiger partial charge < -0.3 is 10.1 Å².